The second-order valence-electron chi connectivity index (χ2n) is 6.17. The van der Waals surface area contributed by atoms with Gasteiger partial charge in [-0.05, 0) is 43.5 Å². The molecule has 1 aromatic heterocycles. The molecule has 0 spiro atoms. The van der Waals surface area contributed by atoms with Gasteiger partial charge in [0.15, 0.2) is 0 Å². The smallest absolute Gasteiger partial charge is 0.0954 e. The molecule has 1 heterocycles. The van der Waals surface area contributed by atoms with E-state index < -0.39 is 0 Å². The molecule has 0 radical (unpaired) electrons. The van der Waals surface area contributed by atoms with Crippen molar-refractivity contribution in [1.29, 1.82) is 5.26 Å². The van der Waals surface area contributed by atoms with E-state index in [4.69, 9.17) is 10.7 Å². The van der Waals surface area contributed by atoms with Crippen LogP contribution in [0.15, 0.2) is 71.5 Å². The Bertz CT molecular complexity index is 878. The van der Waals surface area contributed by atoms with Gasteiger partial charge in [-0.15, -0.1) is 0 Å². The maximum atomic E-state index is 9.67. The van der Waals surface area contributed by atoms with Gasteiger partial charge in [0.2, 0.25) is 0 Å². The van der Waals surface area contributed by atoms with E-state index in [-0.39, 0.29) is 5.92 Å². The van der Waals surface area contributed by atoms with Crippen molar-refractivity contribution in [3.63, 3.8) is 0 Å². The molecule has 25 heavy (non-hydrogen) atoms. The highest BCUT2D eigenvalue weighted by Crippen LogP contribution is 2.37. The van der Waals surface area contributed by atoms with Gasteiger partial charge in [0.25, 0.3) is 0 Å². The number of nitrogens with zero attached hydrogens (tertiary/aromatic N) is 2. The Hall–Kier alpha value is -2.86. The topological polar surface area (TPSA) is 62.7 Å². The van der Waals surface area contributed by atoms with Gasteiger partial charge in [0.05, 0.1) is 23.2 Å². The molecule has 2 rings (SSSR count). The summed E-state index contributed by atoms with van der Waals surface area (Å²) in [6, 6.07) is 14.3. The van der Waals surface area contributed by atoms with Crippen LogP contribution in [0.4, 0.5) is 0 Å². The van der Waals surface area contributed by atoms with Crippen molar-refractivity contribution >= 4 is 10.9 Å². The number of allylic oxidation sites excluding steroid dienone is 5. The Labute approximate surface area is 150 Å². The number of rotatable bonds is 6. The quantitative estimate of drug-likeness (QED) is 0.571. The van der Waals surface area contributed by atoms with Crippen molar-refractivity contribution in [2.24, 2.45) is 5.73 Å². The first-order valence-corrected chi connectivity index (χ1v) is 8.59. The van der Waals surface area contributed by atoms with Crippen LogP contribution in [-0.4, -0.2) is 4.98 Å². The molecule has 0 saturated heterocycles. The Morgan fingerprint density at radius 3 is 2.64 bits per heavy atom. The molecule has 0 fully saturated rings. The van der Waals surface area contributed by atoms with Crippen molar-refractivity contribution in [3.8, 4) is 6.07 Å². The predicted octanol–water partition coefficient (Wildman–Crippen LogP) is 5.38. The monoisotopic (exact) mass is 331 g/mol. The number of hydrogen-bond donors (Lipinski definition) is 1. The van der Waals surface area contributed by atoms with Crippen molar-refractivity contribution in [3.05, 3.63) is 77.2 Å². The molecule has 2 N–H and O–H groups in total. The summed E-state index contributed by atoms with van der Waals surface area (Å²) in [5.74, 6) is -0.288. The van der Waals surface area contributed by atoms with Gasteiger partial charge in [-0.2, -0.15) is 5.26 Å². The van der Waals surface area contributed by atoms with E-state index in [2.05, 4.69) is 19.6 Å². The number of pyridine rings is 1. The summed E-state index contributed by atoms with van der Waals surface area (Å²) in [4.78, 5) is 4.82. The molecule has 0 aliphatic rings. The lowest BCUT2D eigenvalue weighted by molar-refractivity contribution is 0.836. The van der Waals surface area contributed by atoms with E-state index in [9.17, 15) is 5.26 Å². The van der Waals surface area contributed by atoms with Gasteiger partial charge in [-0.3, -0.25) is 4.98 Å². The number of aromatic nitrogens is 1. The second-order valence-corrected chi connectivity index (χ2v) is 6.17. The maximum absolute atomic E-state index is 9.67. The minimum atomic E-state index is -0.288. The van der Waals surface area contributed by atoms with Gasteiger partial charge in [0, 0.05) is 16.7 Å². The van der Waals surface area contributed by atoms with Crippen LogP contribution in [0.25, 0.3) is 10.9 Å². The molecule has 1 atom stereocenters. The van der Waals surface area contributed by atoms with Crippen molar-refractivity contribution in [2.75, 3.05) is 0 Å². The molecular formula is C22H25N3. The molecular weight excluding hydrogens is 306 g/mol. The molecule has 0 saturated carbocycles. The van der Waals surface area contributed by atoms with Gasteiger partial charge < -0.3 is 5.73 Å². The van der Waals surface area contributed by atoms with Crippen LogP contribution in [0.3, 0.4) is 0 Å². The maximum Gasteiger partial charge on any atom is 0.0954 e. The van der Waals surface area contributed by atoms with Crippen LogP contribution in [0.2, 0.25) is 0 Å². The summed E-state index contributed by atoms with van der Waals surface area (Å²) in [7, 11) is 0. The van der Waals surface area contributed by atoms with Crippen LogP contribution in [0, 0.1) is 11.3 Å². The van der Waals surface area contributed by atoms with Gasteiger partial charge in [-0.1, -0.05) is 50.3 Å². The zero-order valence-electron chi connectivity index (χ0n) is 15.2. The van der Waals surface area contributed by atoms with E-state index in [1.807, 2.05) is 56.3 Å². The number of hydrogen-bond acceptors (Lipinski definition) is 3. The average molecular weight is 331 g/mol. The van der Waals surface area contributed by atoms with E-state index in [1.54, 1.807) is 0 Å². The third-order valence-electron chi connectivity index (χ3n) is 4.31. The third-order valence-corrected chi connectivity index (χ3v) is 4.31. The summed E-state index contributed by atoms with van der Waals surface area (Å²) in [6.45, 7) is 10.1. The zero-order valence-corrected chi connectivity index (χ0v) is 15.2. The molecule has 2 aromatic rings. The van der Waals surface area contributed by atoms with Crippen LogP contribution >= 0.6 is 0 Å². The lowest BCUT2D eigenvalue weighted by atomic mass is 9.82. The number of nitrogens with two attached hydrogens (primary N) is 1. The van der Waals surface area contributed by atoms with Crippen molar-refractivity contribution in [2.45, 2.75) is 39.5 Å². The number of para-hydroxylation sites is 1. The Kier molecular flexibility index (Phi) is 6.14. The minimum absolute atomic E-state index is 0.288. The summed E-state index contributed by atoms with van der Waals surface area (Å²) in [6.07, 6.45) is 3.66. The second kappa shape index (κ2) is 8.30. The SMILES string of the molecule is C=C(CCC)/C(=C(\C)N)C(/C(C#N)=C/C)c1ccc2ccccc2n1. The molecule has 0 bridgehead atoms. The highest BCUT2D eigenvalue weighted by atomic mass is 14.7. The fourth-order valence-electron chi connectivity index (χ4n) is 3.15. The van der Waals surface area contributed by atoms with Gasteiger partial charge in [-0.25, -0.2) is 0 Å². The first kappa shape index (κ1) is 18.5. The zero-order chi connectivity index (χ0) is 18.4. The van der Waals surface area contributed by atoms with Gasteiger partial charge in [0.1, 0.15) is 0 Å². The standard InChI is InChI=1S/C22H25N3/c1-5-9-15(3)21(16(4)24)22(17(6-2)14-23)20-13-12-18-10-7-8-11-19(18)25-20/h6-8,10-13,22H,3,5,9,24H2,1-2,4H3/b17-6+,21-16-. The van der Waals surface area contributed by atoms with Crippen molar-refractivity contribution < 1.29 is 0 Å². The predicted molar refractivity (Wildman–Crippen MR) is 105 cm³/mol. The normalized spacial score (nSPS) is 13.9. The third kappa shape index (κ3) is 3.97. The number of fused-ring (bicyclic) bond motifs is 1. The molecule has 0 aliphatic carbocycles. The van der Waals surface area contributed by atoms with E-state index in [0.717, 1.165) is 40.6 Å². The largest absolute Gasteiger partial charge is 0.402 e. The van der Waals surface area contributed by atoms with E-state index in [0.29, 0.717) is 11.3 Å². The number of benzene rings is 1. The molecule has 3 nitrogen and oxygen atoms in total. The van der Waals surface area contributed by atoms with Gasteiger partial charge >= 0.3 is 0 Å². The average Bonchev–Trinajstić information content (AvgIpc) is 2.61. The highest BCUT2D eigenvalue weighted by molar-refractivity contribution is 5.78. The van der Waals surface area contributed by atoms with E-state index >= 15 is 0 Å². The summed E-state index contributed by atoms with van der Waals surface area (Å²) >= 11 is 0. The highest BCUT2D eigenvalue weighted by Gasteiger charge is 2.25. The van der Waals surface area contributed by atoms with Crippen LogP contribution < -0.4 is 5.73 Å². The Morgan fingerprint density at radius 2 is 2.04 bits per heavy atom. The first-order chi connectivity index (χ1) is 12.0. The van der Waals surface area contributed by atoms with Crippen LogP contribution in [0.5, 0.6) is 0 Å². The fourth-order valence-corrected chi connectivity index (χ4v) is 3.15. The lowest BCUT2D eigenvalue weighted by Crippen LogP contribution is -2.14. The van der Waals surface area contributed by atoms with Crippen LogP contribution in [0.1, 0.15) is 45.2 Å². The molecule has 128 valence electrons. The first-order valence-electron chi connectivity index (χ1n) is 8.59. The van der Waals surface area contributed by atoms with E-state index in [1.165, 1.54) is 0 Å². The van der Waals surface area contributed by atoms with Crippen molar-refractivity contribution in [1.82, 2.24) is 4.98 Å². The summed E-state index contributed by atoms with van der Waals surface area (Å²) in [5, 5.41) is 10.7. The summed E-state index contributed by atoms with van der Waals surface area (Å²) in [5.41, 5.74) is 11.2. The molecule has 1 aromatic carbocycles. The Balaban J connectivity index is 2.68. The minimum Gasteiger partial charge on any atom is -0.402 e. The Morgan fingerprint density at radius 1 is 1.32 bits per heavy atom. The summed E-state index contributed by atoms with van der Waals surface area (Å²) < 4.78 is 0. The molecule has 0 aliphatic heterocycles. The number of nitriles is 1. The molecule has 0 amide bonds. The fraction of sp³-hybridized carbons (Fsp3) is 0.273. The lowest BCUT2D eigenvalue weighted by Gasteiger charge is -2.23. The van der Waals surface area contributed by atoms with Crippen LogP contribution in [-0.2, 0) is 0 Å². The molecule has 3 heteroatoms. The molecule has 1 unspecified atom stereocenters.